The quantitative estimate of drug-likeness (QED) is 0.777. The molecule has 1 atom stereocenters. The van der Waals surface area contributed by atoms with Crippen molar-refractivity contribution in [2.24, 2.45) is 10.7 Å². The Morgan fingerprint density at radius 1 is 1.36 bits per heavy atom. The van der Waals surface area contributed by atoms with Crippen molar-refractivity contribution in [1.29, 1.82) is 0 Å². The lowest BCUT2D eigenvalue weighted by Gasteiger charge is -2.25. The van der Waals surface area contributed by atoms with E-state index in [-0.39, 0.29) is 5.41 Å². The third-order valence-electron chi connectivity index (χ3n) is 3.11. The lowest BCUT2D eigenvalue weighted by atomic mass is 9.77. The second-order valence-corrected chi connectivity index (χ2v) is 3.82. The first-order valence-electron chi connectivity index (χ1n) is 5.17. The SMILES string of the molecule is CCC1(CCN)C=Nc2ccccc21. The summed E-state index contributed by atoms with van der Waals surface area (Å²) in [6.07, 6.45) is 4.14. The van der Waals surface area contributed by atoms with E-state index in [2.05, 4.69) is 36.3 Å². The molecule has 14 heavy (non-hydrogen) atoms. The van der Waals surface area contributed by atoms with E-state index < -0.39 is 0 Å². The van der Waals surface area contributed by atoms with Crippen LogP contribution in [-0.4, -0.2) is 12.8 Å². The van der Waals surface area contributed by atoms with Crippen LogP contribution in [0.5, 0.6) is 0 Å². The first-order chi connectivity index (χ1) is 6.82. The zero-order valence-electron chi connectivity index (χ0n) is 8.53. The van der Waals surface area contributed by atoms with Crippen LogP contribution in [0.4, 0.5) is 5.69 Å². The summed E-state index contributed by atoms with van der Waals surface area (Å²) < 4.78 is 0. The maximum absolute atomic E-state index is 5.66. The van der Waals surface area contributed by atoms with Gasteiger partial charge in [-0.1, -0.05) is 25.1 Å². The molecule has 0 saturated heterocycles. The lowest BCUT2D eigenvalue weighted by Crippen LogP contribution is -2.27. The minimum atomic E-state index is 0.103. The van der Waals surface area contributed by atoms with Gasteiger partial charge in [0.25, 0.3) is 0 Å². The summed E-state index contributed by atoms with van der Waals surface area (Å²) in [4.78, 5) is 4.46. The highest BCUT2D eigenvalue weighted by Gasteiger charge is 2.33. The molecule has 0 fully saturated rings. The Kier molecular flexibility index (Phi) is 2.38. The Morgan fingerprint density at radius 2 is 2.14 bits per heavy atom. The fourth-order valence-electron chi connectivity index (χ4n) is 2.19. The summed E-state index contributed by atoms with van der Waals surface area (Å²) in [5, 5.41) is 0. The van der Waals surface area contributed by atoms with Crippen LogP contribution in [0.15, 0.2) is 29.3 Å². The van der Waals surface area contributed by atoms with Crippen LogP contribution in [0.25, 0.3) is 0 Å². The van der Waals surface area contributed by atoms with Crippen molar-refractivity contribution in [3.63, 3.8) is 0 Å². The number of rotatable bonds is 3. The maximum Gasteiger partial charge on any atom is 0.0667 e. The summed E-state index contributed by atoms with van der Waals surface area (Å²) in [5.41, 5.74) is 8.22. The number of aliphatic imine (C=N–C) groups is 1. The third-order valence-corrected chi connectivity index (χ3v) is 3.11. The van der Waals surface area contributed by atoms with E-state index >= 15 is 0 Å². The van der Waals surface area contributed by atoms with Crippen molar-refractivity contribution in [3.05, 3.63) is 29.8 Å². The van der Waals surface area contributed by atoms with Crippen LogP contribution >= 0.6 is 0 Å². The van der Waals surface area contributed by atoms with Gasteiger partial charge in [0.15, 0.2) is 0 Å². The average molecular weight is 188 g/mol. The van der Waals surface area contributed by atoms with Gasteiger partial charge >= 0.3 is 0 Å². The van der Waals surface area contributed by atoms with Crippen LogP contribution in [0.2, 0.25) is 0 Å². The predicted molar refractivity (Wildman–Crippen MR) is 60.2 cm³/mol. The Labute approximate surface area is 84.9 Å². The summed E-state index contributed by atoms with van der Waals surface area (Å²) in [6, 6.07) is 8.35. The molecule has 0 amide bonds. The lowest BCUT2D eigenvalue weighted by molar-refractivity contribution is 0.534. The molecule has 0 aliphatic carbocycles. The molecule has 1 aromatic rings. The van der Waals surface area contributed by atoms with E-state index in [1.165, 1.54) is 5.56 Å². The molecule has 0 spiro atoms. The number of hydrogen-bond donors (Lipinski definition) is 1. The van der Waals surface area contributed by atoms with Crippen molar-refractivity contribution in [1.82, 2.24) is 0 Å². The summed E-state index contributed by atoms with van der Waals surface area (Å²) in [6.45, 7) is 2.91. The first-order valence-corrected chi connectivity index (χ1v) is 5.17. The zero-order chi connectivity index (χ0) is 10.0. The van der Waals surface area contributed by atoms with Gasteiger partial charge < -0.3 is 5.73 Å². The molecular formula is C12H16N2. The maximum atomic E-state index is 5.66. The van der Waals surface area contributed by atoms with Crippen molar-refractivity contribution in [2.45, 2.75) is 25.2 Å². The van der Waals surface area contributed by atoms with Gasteiger partial charge in [0.05, 0.1) is 5.69 Å². The summed E-state index contributed by atoms with van der Waals surface area (Å²) in [5.74, 6) is 0. The van der Waals surface area contributed by atoms with Crippen LogP contribution in [0, 0.1) is 0 Å². The molecule has 0 radical (unpaired) electrons. The second-order valence-electron chi connectivity index (χ2n) is 3.82. The van der Waals surface area contributed by atoms with Crippen LogP contribution in [0.3, 0.4) is 0 Å². The van der Waals surface area contributed by atoms with Gasteiger partial charge in [-0.25, -0.2) is 0 Å². The standard InChI is InChI=1S/C12H16N2/c1-2-12(7-8-13)9-14-11-6-4-3-5-10(11)12/h3-6,9H,2,7-8,13H2,1H3. The van der Waals surface area contributed by atoms with Gasteiger partial charge in [0.1, 0.15) is 0 Å². The molecule has 1 heterocycles. The fraction of sp³-hybridized carbons (Fsp3) is 0.417. The molecule has 0 bridgehead atoms. The summed E-state index contributed by atoms with van der Waals surface area (Å²) in [7, 11) is 0. The van der Waals surface area contributed by atoms with E-state index in [9.17, 15) is 0 Å². The van der Waals surface area contributed by atoms with E-state index in [1.807, 2.05) is 6.07 Å². The number of benzene rings is 1. The van der Waals surface area contributed by atoms with Crippen molar-refractivity contribution in [3.8, 4) is 0 Å². The molecule has 0 aromatic heterocycles. The molecule has 1 aliphatic rings. The highest BCUT2D eigenvalue weighted by Crippen LogP contribution is 2.40. The number of fused-ring (bicyclic) bond motifs is 1. The first kappa shape index (κ1) is 9.41. The van der Waals surface area contributed by atoms with Gasteiger partial charge in [-0.2, -0.15) is 0 Å². The predicted octanol–water partition coefficient (Wildman–Crippen LogP) is 2.40. The molecule has 2 nitrogen and oxygen atoms in total. The van der Waals surface area contributed by atoms with Crippen LogP contribution in [0.1, 0.15) is 25.3 Å². The Hall–Kier alpha value is -1.15. The van der Waals surface area contributed by atoms with Gasteiger partial charge in [0.2, 0.25) is 0 Å². The van der Waals surface area contributed by atoms with Crippen molar-refractivity contribution < 1.29 is 0 Å². The fourth-order valence-corrected chi connectivity index (χ4v) is 2.19. The average Bonchev–Trinajstić information content (AvgIpc) is 2.59. The minimum absolute atomic E-state index is 0.103. The van der Waals surface area contributed by atoms with Gasteiger partial charge in [-0.15, -0.1) is 0 Å². The van der Waals surface area contributed by atoms with Crippen molar-refractivity contribution >= 4 is 11.9 Å². The number of nitrogens with two attached hydrogens (primary N) is 1. The van der Waals surface area contributed by atoms with E-state index in [4.69, 9.17) is 5.73 Å². The summed E-state index contributed by atoms with van der Waals surface area (Å²) >= 11 is 0. The monoisotopic (exact) mass is 188 g/mol. The van der Waals surface area contributed by atoms with Gasteiger partial charge in [0, 0.05) is 11.6 Å². The van der Waals surface area contributed by atoms with E-state index in [0.29, 0.717) is 6.54 Å². The van der Waals surface area contributed by atoms with Crippen LogP contribution in [-0.2, 0) is 5.41 Å². The molecule has 1 aliphatic heterocycles. The second kappa shape index (κ2) is 3.54. The topological polar surface area (TPSA) is 38.4 Å². The molecular weight excluding hydrogens is 172 g/mol. The van der Waals surface area contributed by atoms with Gasteiger partial charge in [-0.05, 0) is 31.0 Å². The minimum Gasteiger partial charge on any atom is -0.330 e. The van der Waals surface area contributed by atoms with Gasteiger partial charge in [-0.3, -0.25) is 4.99 Å². The number of hydrogen-bond acceptors (Lipinski definition) is 2. The molecule has 2 rings (SSSR count). The zero-order valence-corrected chi connectivity index (χ0v) is 8.53. The Balaban J connectivity index is 2.44. The normalized spacial score (nSPS) is 23.9. The molecule has 1 unspecified atom stereocenters. The highest BCUT2D eigenvalue weighted by atomic mass is 14.8. The molecule has 0 saturated carbocycles. The molecule has 2 heteroatoms. The van der Waals surface area contributed by atoms with Crippen LogP contribution < -0.4 is 5.73 Å². The smallest absolute Gasteiger partial charge is 0.0667 e. The molecule has 1 aromatic carbocycles. The van der Waals surface area contributed by atoms with E-state index in [1.54, 1.807) is 0 Å². The van der Waals surface area contributed by atoms with Crippen molar-refractivity contribution in [2.75, 3.05) is 6.54 Å². The Bertz CT molecular complexity index is 357. The largest absolute Gasteiger partial charge is 0.330 e. The molecule has 74 valence electrons. The number of nitrogens with zero attached hydrogens (tertiary/aromatic N) is 1. The highest BCUT2D eigenvalue weighted by molar-refractivity contribution is 5.85. The van der Waals surface area contributed by atoms with E-state index in [0.717, 1.165) is 18.5 Å². The molecule has 2 N–H and O–H groups in total. The number of para-hydroxylation sites is 1. The third kappa shape index (κ3) is 1.26. The Morgan fingerprint density at radius 3 is 2.86 bits per heavy atom.